The van der Waals surface area contributed by atoms with Crippen LogP contribution in [0.4, 0.5) is 0 Å². The van der Waals surface area contributed by atoms with Crippen LogP contribution in [0.15, 0.2) is 24.4 Å². The van der Waals surface area contributed by atoms with Gasteiger partial charge >= 0.3 is 0 Å². The highest BCUT2D eigenvalue weighted by atomic mass is 14.9. The van der Waals surface area contributed by atoms with E-state index in [9.17, 15) is 0 Å². The van der Waals surface area contributed by atoms with Crippen LogP contribution in [0.2, 0.25) is 0 Å². The molecule has 0 rings (SSSR count). The Kier molecular flexibility index (Phi) is 5.88. The molecule has 0 fully saturated rings. The standard InChI is InChI=1S/C8H16N2/c1-3-5-8(4-2)10-7-6-9/h3,5,10H,1,4,6-7,9H2,2H3/b8-5+. The van der Waals surface area contributed by atoms with Crippen LogP contribution < -0.4 is 11.1 Å². The van der Waals surface area contributed by atoms with Gasteiger partial charge in [0.25, 0.3) is 0 Å². The van der Waals surface area contributed by atoms with Gasteiger partial charge in [0, 0.05) is 18.8 Å². The van der Waals surface area contributed by atoms with Crippen LogP contribution in [0, 0.1) is 0 Å². The van der Waals surface area contributed by atoms with Crippen LogP contribution >= 0.6 is 0 Å². The molecule has 0 heterocycles. The lowest BCUT2D eigenvalue weighted by Gasteiger charge is -2.05. The predicted molar refractivity (Wildman–Crippen MR) is 45.6 cm³/mol. The van der Waals surface area contributed by atoms with Crippen LogP contribution in [-0.4, -0.2) is 13.1 Å². The van der Waals surface area contributed by atoms with Crippen LogP contribution in [-0.2, 0) is 0 Å². The lowest BCUT2D eigenvalue weighted by atomic mass is 10.3. The maximum atomic E-state index is 5.31. The van der Waals surface area contributed by atoms with Crippen LogP contribution in [0.1, 0.15) is 13.3 Å². The molecule has 0 bridgehead atoms. The van der Waals surface area contributed by atoms with E-state index in [0.29, 0.717) is 6.54 Å². The van der Waals surface area contributed by atoms with Crippen molar-refractivity contribution < 1.29 is 0 Å². The fourth-order valence-electron chi connectivity index (χ4n) is 0.677. The SMILES string of the molecule is C=C/C=C(\CC)NCCN. The fraction of sp³-hybridized carbons (Fsp3) is 0.500. The molecule has 0 saturated carbocycles. The molecular weight excluding hydrogens is 124 g/mol. The summed E-state index contributed by atoms with van der Waals surface area (Å²) in [5.41, 5.74) is 6.51. The van der Waals surface area contributed by atoms with Gasteiger partial charge < -0.3 is 11.1 Å². The van der Waals surface area contributed by atoms with Crippen LogP contribution in [0.25, 0.3) is 0 Å². The van der Waals surface area contributed by atoms with E-state index in [0.717, 1.165) is 13.0 Å². The Morgan fingerprint density at radius 3 is 2.80 bits per heavy atom. The highest BCUT2D eigenvalue weighted by molar-refractivity contribution is 5.07. The number of hydrogen-bond acceptors (Lipinski definition) is 2. The van der Waals surface area contributed by atoms with Crippen molar-refractivity contribution in [2.45, 2.75) is 13.3 Å². The molecule has 0 aliphatic heterocycles. The Bertz CT molecular complexity index is 116. The first-order valence-electron chi connectivity index (χ1n) is 3.60. The van der Waals surface area contributed by atoms with Crippen molar-refractivity contribution >= 4 is 0 Å². The van der Waals surface area contributed by atoms with Gasteiger partial charge in [-0.2, -0.15) is 0 Å². The smallest absolute Gasteiger partial charge is 0.0267 e. The highest BCUT2D eigenvalue weighted by Gasteiger charge is 1.87. The predicted octanol–water partition coefficient (Wildman–Crippen LogP) is 1.01. The largest absolute Gasteiger partial charge is 0.387 e. The summed E-state index contributed by atoms with van der Waals surface area (Å²) >= 11 is 0. The zero-order valence-electron chi connectivity index (χ0n) is 6.56. The van der Waals surface area contributed by atoms with Crippen molar-refractivity contribution in [1.29, 1.82) is 0 Å². The van der Waals surface area contributed by atoms with Crippen LogP contribution in [0.3, 0.4) is 0 Å². The van der Waals surface area contributed by atoms with Crippen molar-refractivity contribution in [1.82, 2.24) is 5.32 Å². The molecule has 0 aliphatic rings. The first-order valence-corrected chi connectivity index (χ1v) is 3.60. The first kappa shape index (κ1) is 9.24. The van der Waals surface area contributed by atoms with E-state index >= 15 is 0 Å². The van der Waals surface area contributed by atoms with Gasteiger partial charge in [-0.05, 0) is 12.5 Å². The molecule has 0 atom stereocenters. The van der Waals surface area contributed by atoms with Gasteiger partial charge in [-0.3, -0.25) is 0 Å². The molecule has 0 aromatic carbocycles. The summed E-state index contributed by atoms with van der Waals surface area (Å²) in [6.45, 7) is 7.22. The second-order valence-electron chi connectivity index (χ2n) is 2.00. The van der Waals surface area contributed by atoms with E-state index in [1.165, 1.54) is 5.70 Å². The maximum absolute atomic E-state index is 5.31. The quantitative estimate of drug-likeness (QED) is 0.559. The van der Waals surface area contributed by atoms with Gasteiger partial charge in [-0.15, -0.1) is 0 Å². The third kappa shape index (κ3) is 4.15. The third-order valence-electron chi connectivity index (χ3n) is 1.20. The second kappa shape index (κ2) is 6.36. The minimum Gasteiger partial charge on any atom is -0.387 e. The topological polar surface area (TPSA) is 38.0 Å². The third-order valence-corrected chi connectivity index (χ3v) is 1.20. The van der Waals surface area contributed by atoms with Crippen molar-refractivity contribution in [3.05, 3.63) is 24.4 Å². The van der Waals surface area contributed by atoms with E-state index in [1.807, 2.05) is 6.08 Å². The number of nitrogens with two attached hydrogens (primary N) is 1. The Morgan fingerprint density at radius 1 is 1.70 bits per heavy atom. The zero-order chi connectivity index (χ0) is 7.82. The van der Waals surface area contributed by atoms with E-state index in [1.54, 1.807) is 6.08 Å². The van der Waals surface area contributed by atoms with E-state index in [-0.39, 0.29) is 0 Å². The van der Waals surface area contributed by atoms with Crippen molar-refractivity contribution in [2.75, 3.05) is 13.1 Å². The molecule has 0 aliphatic carbocycles. The first-order chi connectivity index (χ1) is 4.85. The Labute approximate surface area is 62.8 Å². The lowest BCUT2D eigenvalue weighted by Crippen LogP contribution is -2.21. The molecule has 2 nitrogen and oxygen atoms in total. The molecule has 3 N–H and O–H groups in total. The molecule has 0 unspecified atom stereocenters. The highest BCUT2D eigenvalue weighted by Crippen LogP contribution is 1.93. The monoisotopic (exact) mass is 140 g/mol. The molecule has 2 heteroatoms. The minimum absolute atomic E-state index is 0.675. The van der Waals surface area contributed by atoms with E-state index in [2.05, 4.69) is 18.8 Å². The molecule has 58 valence electrons. The number of allylic oxidation sites excluding steroid dienone is 3. The normalized spacial score (nSPS) is 11.2. The summed E-state index contributed by atoms with van der Waals surface area (Å²) in [4.78, 5) is 0. The van der Waals surface area contributed by atoms with E-state index < -0.39 is 0 Å². The minimum atomic E-state index is 0.675. The Hall–Kier alpha value is -0.760. The van der Waals surface area contributed by atoms with Crippen molar-refractivity contribution in [3.63, 3.8) is 0 Å². The number of hydrogen-bond donors (Lipinski definition) is 2. The lowest BCUT2D eigenvalue weighted by molar-refractivity contribution is 0.765. The molecule has 10 heavy (non-hydrogen) atoms. The zero-order valence-corrected chi connectivity index (χ0v) is 6.56. The summed E-state index contributed by atoms with van der Waals surface area (Å²) in [5.74, 6) is 0. The summed E-state index contributed by atoms with van der Waals surface area (Å²) in [7, 11) is 0. The van der Waals surface area contributed by atoms with Crippen LogP contribution in [0.5, 0.6) is 0 Å². The summed E-state index contributed by atoms with van der Waals surface area (Å²) in [6, 6.07) is 0. The molecule has 0 aromatic rings. The van der Waals surface area contributed by atoms with Crippen molar-refractivity contribution in [3.8, 4) is 0 Å². The molecule has 0 spiro atoms. The average molecular weight is 140 g/mol. The molecule has 0 saturated heterocycles. The fourth-order valence-corrected chi connectivity index (χ4v) is 0.677. The van der Waals surface area contributed by atoms with Gasteiger partial charge in [0.15, 0.2) is 0 Å². The van der Waals surface area contributed by atoms with Gasteiger partial charge in [0.1, 0.15) is 0 Å². The summed E-state index contributed by atoms with van der Waals surface area (Å²) in [5, 5.41) is 3.18. The summed E-state index contributed by atoms with van der Waals surface area (Å²) < 4.78 is 0. The molecule has 0 aromatic heterocycles. The van der Waals surface area contributed by atoms with Gasteiger partial charge in [-0.1, -0.05) is 19.6 Å². The Morgan fingerprint density at radius 2 is 2.40 bits per heavy atom. The van der Waals surface area contributed by atoms with Crippen molar-refractivity contribution in [2.24, 2.45) is 5.73 Å². The van der Waals surface area contributed by atoms with Gasteiger partial charge in [-0.25, -0.2) is 0 Å². The number of rotatable bonds is 5. The molecule has 0 amide bonds. The maximum Gasteiger partial charge on any atom is 0.0267 e. The number of nitrogens with one attached hydrogen (secondary N) is 1. The Balaban J connectivity index is 3.59. The second-order valence-corrected chi connectivity index (χ2v) is 2.00. The van der Waals surface area contributed by atoms with Gasteiger partial charge in [0.05, 0.1) is 0 Å². The van der Waals surface area contributed by atoms with Gasteiger partial charge in [0.2, 0.25) is 0 Å². The molecular formula is C8H16N2. The van der Waals surface area contributed by atoms with E-state index in [4.69, 9.17) is 5.73 Å². The summed E-state index contributed by atoms with van der Waals surface area (Å²) in [6.07, 6.45) is 4.75. The average Bonchev–Trinajstić information content (AvgIpc) is 1.98. The molecule has 0 radical (unpaired) electrons.